The lowest BCUT2D eigenvalue weighted by molar-refractivity contribution is 0.102. The molecule has 0 saturated carbocycles. The van der Waals surface area contributed by atoms with Crippen molar-refractivity contribution in [1.29, 1.82) is 0 Å². The number of hydrogen-bond donors (Lipinski definition) is 3. The van der Waals surface area contributed by atoms with E-state index in [1.54, 1.807) is 30.3 Å². The maximum Gasteiger partial charge on any atom is 0.319 e. The molecular formula is C18H17F2N3O2S. The van der Waals surface area contributed by atoms with Gasteiger partial charge in [-0.25, -0.2) is 4.79 Å². The molecule has 8 heteroatoms. The first-order valence-corrected chi connectivity index (χ1v) is 8.48. The number of rotatable bonds is 7. The van der Waals surface area contributed by atoms with Gasteiger partial charge in [0.05, 0.1) is 0 Å². The zero-order chi connectivity index (χ0) is 18.9. The van der Waals surface area contributed by atoms with Crippen LogP contribution in [0.5, 0.6) is 0 Å². The predicted molar refractivity (Wildman–Crippen MR) is 99.9 cm³/mol. The Kier molecular flexibility index (Phi) is 7.16. The summed E-state index contributed by atoms with van der Waals surface area (Å²) in [6, 6.07) is 12.1. The average Bonchev–Trinajstić information content (AvgIpc) is 2.61. The number of carbonyl (C=O) groups excluding carboxylic acids is 2. The van der Waals surface area contributed by atoms with E-state index in [0.717, 1.165) is 0 Å². The van der Waals surface area contributed by atoms with Gasteiger partial charge in [0.1, 0.15) is 0 Å². The van der Waals surface area contributed by atoms with E-state index in [1.165, 1.54) is 24.3 Å². The fraction of sp³-hybridized carbons (Fsp3) is 0.111. The van der Waals surface area contributed by atoms with Crippen LogP contribution in [-0.2, 0) is 0 Å². The summed E-state index contributed by atoms with van der Waals surface area (Å²) < 4.78 is 24.6. The van der Waals surface area contributed by atoms with Gasteiger partial charge in [0, 0.05) is 28.4 Å². The van der Waals surface area contributed by atoms with Crippen molar-refractivity contribution in [2.45, 2.75) is 10.7 Å². The van der Waals surface area contributed by atoms with Crippen molar-refractivity contribution in [3.63, 3.8) is 0 Å². The number of thioether (sulfide) groups is 1. The normalized spacial score (nSPS) is 10.3. The van der Waals surface area contributed by atoms with Crippen LogP contribution in [0.15, 0.2) is 66.1 Å². The van der Waals surface area contributed by atoms with E-state index in [9.17, 15) is 18.4 Å². The topological polar surface area (TPSA) is 70.2 Å². The third kappa shape index (κ3) is 6.21. The Balaban J connectivity index is 1.92. The molecule has 0 heterocycles. The summed E-state index contributed by atoms with van der Waals surface area (Å²) in [4.78, 5) is 24.1. The predicted octanol–water partition coefficient (Wildman–Crippen LogP) is 4.56. The molecule has 0 radical (unpaired) electrons. The molecule has 2 aromatic carbocycles. The SMILES string of the molecule is C=CCNC(=O)Nc1ccc(NC(=O)c2ccc(SC(F)F)cc2)cc1. The van der Waals surface area contributed by atoms with Gasteiger partial charge in [-0.15, -0.1) is 6.58 Å². The highest BCUT2D eigenvalue weighted by molar-refractivity contribution is 7.99. The fourth-order valence-corrected chi connectivity index (χ4v) is 2.47. The molecule has 0 aliphatic carbocycles. The van der Waals surface area contributed by atoms with Crippen molar-refractivity contribution in [2.24, 2.45) is 0 Å². The third-order valence-corrected chi connectivity index (χ3v) is 3.87. The summed E-state index contributed by atoms with van der Waals surface area (Å²) in [7, 11) is 0. The molecule has 2 aromatic rings. The molecule has 3 amide bonds. The molecule has 0 aliphatic heterocycles. The van der Waals surface area contributed by atoms with Gasteiger partial charge < -0.3 is 16.0 Å². The Hall–Kier alpha value is -2.87. The lowest BCUT2D eigenvalue weighted by atomic mass is 10.2. The van der Waals surface area contributed by atoms with E-state index in [-0.39, 0.29) is 11.9 Å². The second kappa shape index (κ2) is 9.57. The molecular weight excluding hydrogens is 360 g/mol. The molecule has 0 atom stereocenters. The molecule has 136 valence electrons. The summed E-state index contributed by atoms with van der Waals surface area (Å²) in [5.74, 6) is -2.86. The molecule has 0 aromatic heterocycles. The minimum atomic E-state index is -2.50. The number of alkyl halides is 2. The number of anilines is 2. The van der Waals surface area contributed by atoms with E-state index in [0.29, 0.717) is 40.1 Å². The Morgan fingerprint density at radius 2 is 1.58 bits per heavy atom. The van der Waals surface area contributed by atoms with E-state index >= 15 is 0 Å². The number of nitrogens with one attached hydrogen (secondary N) is 3. The molecule has 26 heavy (non-hydrogen) atoms. The number of hydrogen-bond acceptors (Lipinski definition) is 3. The molecule has 0 aliphatic rings. The van der Waals surface area contributed by atoms with Gasteiger partial charge in [-0.1, -0.05) is 17.8 Å². The molecule has 0 bridgehead atoms. The maximum atomic E-state index is 12.3. The van der Waals surface area contributed by atoms with E-state index in [1.807, 2.05) is 0 Å². The quantitative estimate of drug-likeness (QED) is 0.489. The zero-order valence-electron chi connectivity index (χ0n) is 13.7. The van der Waals surface area contributed by atoms with Gasteiger partial charge in [0.15, 0.2) is 0 Å². The van der Waals surface area contributed by atoms with Gasteiger partial charge >= 0.3 is 6.03 Å². The van der Waals surface area contributed by atoms with Crippen LogP contribution in [0.2, 0.25) is 0 Å². The Bertz CT molecular complexity index is 765. The third-order valence-electron chi connectivity index (χ3n) is 3.15. The van der Waals surface area contributed by atoms with Gasteiger partial charge in [0.25, 0.3) is 11.7 Å². The Morgan fingerprint density at radius 1 is 1.00 bits per heavy atom. The second-order valence-corrected chi connectivity index (χ2v) is 6.12. The number of carbonyl (C=O) groups is 2. The molecule has 5 nitrogen and oxygen atoms in total. The number of urea groups is 1. The van der Waals surface area contributed by atoms with Crippen molar-refractivity contribution in [1.82, 2.24) is 5.32 Å². The molecule has 0 unspecified atom stereocenters. The van der Waals surface area contributed by atoms with Gasteiger partial charge in [-0.2, -0.15) is 8.78 Å². The fourth-order valence-electron chi connectivity index (χ4n) is 1.97. The minimum absolute atomic E-state index is 0.356. The van der Waals surface area contributed by atoms with Crippen LogP contribution in [-0.4, -0.2) is 24.2 Å². The van der Waals surface area contributed by atoms with Crippen LogP contribution in [0.4, 0.5) is 25.0 Å². The van der Waals surface area contributed by atoms with Gasteiger partial charge in [-0.3, -0.25) is 4.79 Å². The summed E-state index contributed by atoms with van der Waals surface area (Å²) in [5.41, 5.74) is 1.46. The largest absolute Gasteiger partial charge is 0.334 e. The summed E-state index contributed by atoms with van der Waals surface area (Å²) in [6.07, 6.45) is 1.57. The lowest BCUT2D eigenvalue weighted by Crippen LogP contribution is -2.28. The number of benzene rings is 2. The van der Waals surface area contributed by atoms with Crippen LogP contribution in [0, 0.1) is 0 Å². The standard InChI is InChI=1S/C18H17F2N3O2S/c1-2-11-21-18(25)23-14-7-5-13(6-8-14)22-16(24)12-3-9-15(10-4-12)26-17(19)20/h2-10,17H,1,11H2,(H,22,24)(H2,21,23,25). The smallest absolute Gasteiger partial charge is 0.319 e. The van der Waals surface area contributed by atoms with E-state index in [4.69, 9.17) is 0 Å². The van der Waals surface area contributed by atoms with Crippen molar-refractivity contribution < 1.29 is 18.4 Å². The van der Waals surface area contributed by atoms with Crippen molar-refractivity contribution in [3.05, 3.63) is 66.7 Å². The van der Waals surface area contributed by atoms with Crippen LogP contribution >= 0.6 is 11.8 Å². The van der Waals surface area contributed by atoms with E-state index < -0.39 is 5.76 Å². The first kappa shape index (κ1) is 19.5. The first-order chi connectivity index (χ1) is 12.5. The second-order valence-electron chi connectivity index (χ2n) is 5.06. The van der Waals surface area contributed by atoms with Gasteiger partial charge in [0.2, 0.25) is 0 Å². The van der Waals surface area contributed by atoms with Crippen LogP contribution in [0.1, 0.15) is 10.4 Å². The highest BCUT2D eigenvalue weighted by Gasteiger charge is 2.09. The average molecular weight is 377 g/mol. The number of halogens is 2. The summed E-state index contributed by atoms with van der Waals surface area (Å²) in [6.45, 7) is 3.86. The first-order valence-electron chi connectivity index (χ1n) is 7.60. The monoisotopic (exact) mass is 377 g/mol. The Morgan fingerprint density at radius 3 is 2.12 bits per heavy atom. The van der Waals surface area contributed by atoms with Crippen molar-refractivity contribution in [2.75, 3.05) is 17.2 Å². The van der Waals surface area contributed by atoms with Crippen LogP contribution in [0.3, 0.4) is 0 Å². The highest BCUT2D eigenvalue weighted by atomic mass is 32.2. The molecule has 0 fully saturated rings. The van der Waals surface area contributed by atoms with Crippen LogP contribution in [0.25, 0.3) is 0 Å². The maximum absolute atomic E-state index is 12.3. The van der Waals surface area contributed by atoms with Crippen molar-refractivity contribution in [3.8, 4) is 0 Å². The number of amides is 3. The zero-order valence-corrected chi connectivity index (χ0v) is 14.5. The van der Waals surface area contributed by atoms with Crippen LogP contribution < -0.4 is 16.0 Å². The molecule has 0 saturated heterocycles. The Labute approximate surface area is 153 Å². The van der Waals surface area contributed by atoms with Crippen molar-refractivity contribution >= 4 is 35.1 Å². The molecule has 2 rings (SSSR count). The van der Waals surface area contributed by atoms with Gasteiger partial charge in [-0.05, 0) is 48.5 Å². The summed E-state index contributed by atoms with van der Waals surface area (Å²) >= 11 is 0.424. The molecule has 3 N–H and O–H groups in total. The highest BCUT2D eigenvalue weighted by Crippen LogP contribution is 2.25. The van der Waals surface area contributed by atoms with E-state index in [2.05, 4.69) is 22.5 Å². The lowest BCUT2D eigenvalue weighted by Gasteiger charge is -2.09. The minimum Gasteiger partial charge on any atom is -0.334 e. The summed E-state index contributed by atoms with van der Waals surface area (Å²) in [5, 5.41) is 7.91. The molecule has 0 spiro atoms.